The Kier molecular flexibility index (Phi) is 4.29. The van der Waals surface area contributed by atoms with Crippen molar-refractivity contribution in [1.29, 1.82) is 0 Å². The lowest BCUT2D eigenvalue weighted by Crippen LogP contribution is -2.39. The maximum atomic E-state index is 12.7. The van der Waals surface area contributed by atoms with E-state index in [1.807, 2.05) is 30.3 Å². The number of carboxylic acid groups (broad SMARTS) is 1. The van der Waals surface area contributed by atoms with Crippen molar-refractivity contribution in [2.45, 2.75) is 17.0 Å². The zero-order valence-electron chi connectivity index (χ0n) is 13.0. The first-order valence-electron chi connectivity index (χ1n) is 7.40. The third-order valence-corrected chi connectivity index (χ3v) is 5.83. The van der Waals surface area contributed by atoms with Crippen LogP contribution < -0.4 is 5.32 Å². The van der Waals surface area contributed by atoms with Crippen LogP contribution in [0.25, 0.3) is 0 Å². The summed E-state index contributed by atoms with van der Waals surface area (Å²) in [6, 6.07) is 8.80. The number of aryl methyl sites for hydroxylation is 1. The fourth-order valence-corrected chi connectivity index (χ4v) is 4.42. The van der Waals surface area contributed by atoms with Crippen LogP contribution in [0.1, 0.15) is 11.5 Å². The summed E-state index contributed by atoms with van der Waals surface area (Å²) < 4.78 is 28.3. The molecule has 0 radical (unpaired) electrons. The number of imidazole rings is 1. The van der Waals surface area contributed by atoms with Crippen LogP contribution in [0.4, 0.5) is 4.79 Å². The van der Waals surface area contributed by atoms with E-state index < -0.39 is 22.2 Å². The fraction of sp³-hybridized carbons (Fsp3) is 0.333. The Labute approximate surface area is 139 Å². The topological polar surface area (TPSA) is 105 Å². The Balaban J connectivity index is 1.90. The molecule has 1 aromatic carbocycles. The second-order valence-corrected chi connectivity index (χ2v) is 7.66. The number of sulfonamides is 1. The average Bonchev–Trinajstić information content (AvgIpc) is 3.15. The highest BCUT2D eigenvalue weighted by Crippen LogP contribution is 2.31. The Morgan fingerprint density at radius 3 is 2.58 bits per heavy atom. The lowest BCUT2D eigenvalue weighted by atomic mass is 9.94. The molecule has 8 nitrogen and oxygen atoms in total. The molecule has 0 aliphatic carbocycles. The van der Waals surface area contributed by atoms with E-state index in [1.54, 1.807) is 11.6 Å². The predicted molar refractivity (Wildman–Crippen MR) is 86.1 cm³/mol. The molecular formula is C15H18N4O4S. The average molecular weight is 350 g/mol. The zero-order chi connectivity index (χ0) is 17.3. The molecule has 0 unspecified atom stereocenters. The van der Waals surface area contributed by atoms with Gasteiger partial charge in [-0.2, -0.15) is 4.31 Å². The molecule has 1 saturated heterocycles. The van der Waals surface area contributed by atoms with Crippen molar-refractivity contribution in [2.24, 2.45) is 7.05 Å². The van der Waals surface area contributed by atoms with Gasteiger partial charge in [0.2, 0.25) is 0 Å². The van der Waals surface area contributed by atoms with Crippen LogP contribution in [0.5, 0.6) is 0 Å². The first-order chi connectivity index (χ1) is 11.4. The molecule has 2 aromatic rings. The van der Waals surface area contributed by atoms with Gasteiger partial charge in [-0.15, -0.1) is 0 Å². The van der Waals surface area contributed by atoms with E-state index >= 15 is 0 Å². The number of nitrogens with zero attached hydrogens (tertiary/aromatic N) is 3. The number of rotatable bonds is 4. The Hall–Kier alpha value is -2.39. The number of nitrogens with one attached hydrogen (secondary N) is 1. The van der Waals surface area contributed by atoms with Gasteiger partial charge in [0.05, 0.1) is 12.4 Å². The van der Waals surface area contributed by atoms with Gasteiger partial charge in [-0.05, 0) is 5.56 Å². The molecular weight excluding hydrogens is 332 g/mol. The Bertz CT molecular complexity index is 834. The Morgan fingerprint density at radius 2 is 2.00 bits per heavy atom. The second-order valence-electron chi connectivity index (χ2n) is 5.77. The van der Waals surface area contributed by atoms with Crippen molar-refractivity contribution in [1.82, 2.24) is 19.2 Å². The molecule has 128 valence electrons. The standard InChI is InChI=1S/C15H18N4O4S/c1-18-9-14(16-10-18)24(22,23)19-7-12(11-5-3-2-4-6-11)13(8-19)17-15(20)21/h2-6,9-10,12-13,17H,7-8H2,1H3,(H,20,21)/t12-,13+/m1/s1. The second kappa shape index (κ2) is 6.25. The maximum absolute atomic E-state index is 12.7. The summed E-state index contributed by atoms with van der Waals surface area (Å²) in [6.45, 7) is 0.276. The molecule has 3 rings (SSSR count). The first-order valence-corrected chi connectivity index (χ1v) is 8.84. The maximum Gasteiger partial charge on any atom is 0.404 e. The van der Waals surface area contributed by atoms with Crippen LogP contribution in [-0.2, 0) is 17.1 Å². The quantitative estimate of drug-likeness (QED) is 0.850. The largest absolute Gasteiger partial charge is 0.465 e. The number of aromatic nitrogens is 2. The van der Waals surface area contributed by atoms with Crippen molar-refractivity contribution in [3.63, 3.8) is 0 Å². The Morgan fingerprint density at radius 1 is 1.29 bits per heavy atom. The van der Waals surface area contributed by atoms with Crippen molar-refractivity contribution < 1.29 is 18.3 Å². The van der Waals surface area contributed by atoms with E-state index in [-0.39, 0.29) is 24.0 Å². The molecule has 9 heteroatoms. The highest BCUT2D eigenvalue weighted by molar-refractivity contribution is 7.89. The lowest BCUT2D eigenvalue weighted by molar-refractivity contribution is 0.189. The van der Waals surface area contributed by atoms with Gasteiger partial charge in [0.1, 0.15) is 0 Å². The number of hydrogen-bond donors (Lipinski definition) is 2. The van der Waals surface area contributed by atoms with Gasteiger partial charge in [0, 0.05) is 32.3 Å². The summed E-state index contributed by atoms with van der Waals surface area (Å²) >= 11 is 0. The van der Waals surface area contributed by atoms with Gasteiger partial charge < -0.3 is 15.0 Å². The summed E-state index contributed by atoms with van der Waals surface area (Å²) in [5.41, 5.74) is 0.898. The summed E-state index contributed by atoms with van der Waals surface area (Å²) in [5.74, 6) is -0.249. The third-order valence-electron chi connectivity index (χ3n) is 4.11. The van der Waals surface area contributed by atoms with Crippen molar-refractivity contribution >= 4 is 16.1 Å². The van der Waals surface area contributed by atoms with E-state index in [2.05, 4.69) is 10.3 Å². The number of benzene rings is 1. The first kappa shape index (κ1) is 16.5. The highest BCUT2D eigenvalue weighted by Gasteiger charge is 2.41. The van der Waals surface area contributed by atoms with Crippen LogP contribution in [0.15, 0.2) is 47.9 Å². The van der Waals surface area contributed by atoms with Crippen LogP contribution in [0.3, 0.4) is 0 Å². The number of carbonyl (C=O) groups is 1. The minimum Gasteiger partial charge on any atom is -0.465 e. The number of amides is 1. The van der Waals surface area contributed by atoms with Crippen LogP contribution >= 0.6 is 0 Å². The van der Waals surface area contributed by atoms with Gasteiger partial charge in [0.25, 0.3) is 10.0 Å². The number of hydrogen-bond acceptors (Lipinski definition) is 4. The van der Waals surface area contributed by atoms with Crippen LogP contribution in [0, 0.1) is 0 Å². The minimum atomic E-state index is -3.76. The van der Waals surface area contributed by atoms with Crippen molar-refractivity contribution in [3.8, 4) is 0 Å². The normalized spacial score (nSPS) is 21.7. The fourth-order valence-electron chi connectivity index (χ4n) is 2.96. The predicted octanol–water partition coefficient (Wildman–Crippen LogP) is 0.844. The van der Waals surface area contributed by atoms with Gasteiger partial charge in [-0.3, -0.25) is 0 Å². The summed E-state index contributed by atoms with van der Waals surface area (Å²) in [4.78, 5) is 15.0. The van der Waals surface area contributed by atoms with E-state index in [0.29, 0.717) is 0 Å². The van der Waals surface area contributed by atoms with Gasteiger partial charge in [-0.1, -0.05) is 30.3 Å². The summed E-state index contributed by atoms with van der Waals surface area (Å²) in [6.07, 6.45) is 1.69. The van der Waals surface area contributed by atoms with Gasteiger partial charge in [-0.25, -0.2) is 18.2 Å². The molecule has 1 aliphatic heterocycles. The molecule has 2 N–H and O–H groups in total. The SMILES string of the molecule is Cn1cnc(S(=O)(=O)N2C[C@H](NC(=O)O)[C@@H](c3ccccc3)C2)c1. The van der Waals surface area contributed by atoms with Crippen molar-refractivity contribution in [3.05, 3.63) is 48.4 Å². The van der Waals surface area contributed by atoms with Gasteiger partial charge >= 0.3 is 6.09 Å². The van der Waals surface area contributed by atoms with E-state index in [0.717, 1.165) is 5.56 Å². The summed E-state index contributed by atoms with van der Waals surface area (Å²) in [5, 5.41) is 11.5. The minimum absolute atomic E-state index is 0.0345. The van der Waals surface area contributed by atoms with Crippen LogP contribution in [0.2, 0.25) is 0 Å². The lowest BCUT2D eigenvalue weighted by Gasteiger charge is -2.18. The molecule has 1 aromatic heterocycles. The van der Waals surface area contributed by atoms with E-state index in [4.69, 9.17) is 5.11 Å². The molecule has 0 spiro atoms. The van der Waals surface area contributed by atoms with Gasteiger partial charge in [0.15, 0.2) is 5.03 Å². The molecule has 0 bridgehead atoms. The molecule has 1 aliphatic rings. The molecule has 2 heterocycles. The summed E-state index contributed by atoms with van der Waals surface area (Å²) in [7, 11) is -2.07. The molecule has 24 heavy (non-hydrogen) atoms. The van der Waals surface area contributed by atoms with Crippen molar-refractivity contribution in [2.75, 3.05) is 13.1 Å². The van der Waals surface area contributed by atoms with E-state index in [9.17, 15) is 13.2 Å². The molecule has 1 fully saturated rings. The smallest absolute Gasteiger partial charge is 0.404 e. The monoisotopic (exact) mass is 350 g/mol. The molecule has 1 amide bonds. The van der Waals surface area contributed by atoms with E-state index in [1.165, 1.54) is 16.8 Å². The molecule has 2 atom stereocenters. The van der Waals surface area contributed by atoms with Crippen LogP contribution in [-0.4, -0.2) is 52.6 Å². The highest BCUT2D eigenvalue weighted by atomic mass is 32.2. The zero-order valence-corrected chi connectivity index (χ0v) is 13.8. The molecule has 0 saturated carbocycles. The third kappa shape index (κ3) is 3.13.